The summed E-state index contributed by atoms with van der Waals surface area (Å²) in [5.41, 5.74) is 0.299. The minimum Gasteiger partial charge on any atom is -0.490 e. The molecule has 0 atom stereocenters. The van der Waals surface area contributed by atoms with Crippen LogP contribution in [0.15, 0.2) is 39.4 Å². The molecule has 1 N–H and O–H groups in total. The van der Waals surface area contributed by atoms with Crippen LogP contribution in [0.3, 0.4) is 0 Å². The normalized spacial score (nSPS) is 10.5. The summed E-state index contributed by atoms with van der Waals surface area (Å²) in [6.07, 6.45) is 1.49. The molecule has 3 rings (SSSR count). The van der Waals surface area contributed by atoms with Gasteiger partial charge in [0.1, 0.15) is 0 Å². The predicted octanol–water partition coefficient (Wildman–Crippen LogP) is 3.78. The van der Waals surface area contributed by atoms with Gasteiger partial charge in [-0.2, -0.15) is 0 Å². The van der Waals surface area contributed by atoms with Crippen LogP contribution in [0.25, 0.3) is 11.7 Å². The topological polar surface area (TPSA) is 109 Å². The van der Waals surface area contributed by atoms with E-state index in [4.69, 9.17) is 23.0 Å². The smallest absolute Gasteiger partial charge is 0.322 e. The molecule has 0 fully saturated rings. The molecule has 0 aliphatic heterocycles. The van der Waals surface area contributed by atoms with Gasteiger partial charge in [-0.05, 0) is 45.0 Å². The van der Waals surface area contributed by atoms with Crippen molar-refractivity contribution in [1.29, 1.82) is 0 Å². The molecule has 9 heteroatoms. The van der Waals surface area contributed by atoms with Gasteiger partial charge in [-0.15, -0.1) is 5.10 Å². The number of hydrogen-bond acceptors (Lipinski definition) is 8. The number of carbonyl (C=O) groups excluding carboxylic acids is 1. The maximum atomic E-state index is 12.7. The van der Waals surface area contributed by atoms with Crippen LogP contribution in [0.4, 0.5) is 6.01 Å². The average Bonchev–Trinajstić information content (AvgIpc) is 3.36. The summed E-state index contributed by atoms with van der Waals surface area (Å²) < 4.78 is 27.5. The summed E-state index contributed by atoms with van der Waals surface area (Å²) in [5.74, 6) is 1.41. The number of hydrogen-bond donors (Lipinski definition) is 1. The lowest BCUT2D eigenvalue weighted by atomic mass is 10.1. The zero-order chi connectivity index (χ0) is 19.9. The van der Waals surface area contributed by atoms with Gasteiger partial charge in [-0.25, -0.2) is 0 Å². The van der Waals surface area contributed by atoms with E-state index in [0.717, 1.165) is 0 Å². The van der Waals surface area contributed by atoms with Gasteiger partial charge in [0.05, 0.1) is 26.1 Å². The van der Waals surface area contributed by atoms with Crippen LogP contribution in [0.2, 0.25) is 0 Å². The third-order valence-electron chi connectivity index (χ3n) is 3.55. The van der Waals surface area contributed by atoms with E-state index in [1.54, 1.807) is 24.3 Å². The maximum absolute atomic E-state index is 12.7. The summed E-state index contributed by atoms with van der Waals surface area (Å²) in [5, 5.41) is 10.2. The summed E-state index contributed by atoms with van der Waals surface area (Å²) >= 11 is 0. The molecule has 0 radical (unpaired) electrons. The van der Waals surface area contributed by atoms with E-state index in [1.165, 1.54) is 6.26 Å². The molecular weight excluding hydrogens is 366 g/mol. The number of aromatic nitrogens is 2. The Morgan fingerprint density at radius 1 is 1.04 bits per heavy atom. The van der Waals surface area contributed by atoms with E-state index in [0.29, 0.717) is 48.4 Å². The molecule has 0 bridgehead atoms. The number of amides is 1. The van der Waals surface area contributed by atoms with Crippen molar-refractivity contribution in [1.82, 2.24) is 10.2 Å². The number of ether oxygens (including phenoxy) is 3. The van der Waals surface area contributed by atoms with E-state index in [2.05, 4.69) is 15.5 Å². The van der Waals surface area contributed by atoms with Crippen LogP contribution in [0.5, 0.6) is 17.2 Å². The first-order valence-electron chi connectivity index (χ1n) is 8.91. The average molecular weight is 387 g/mol. The second-order valence-corrected chi connectivity index (χ2v) is 5.44. The molecule has 0 spiro atoms. The van der Waals surface area contributed by atoms with E-state index in [9.17, 15) is 4.79 Å². The first-order chi connectivity index (χ1) is 13.7. The van der Waals surface area contributed by atoms with Crippen LogP contribution < -0.4 is 19.5 Å². The Balaban J connectivity index is 1.86. The Labute approximate surface area is 161 Å². The van der Waals surface area contributed by atoms with Crippen LogP contribution in [0.1, 0.15) is 31.1 Å². The van der Waals surface area contributed by atoms with Gasteiger partial charge in [0.25, 0.3) is 11.8 Å². The van der Waals surface area contributed by atoms with Gasteiger partial charge >= 0.3 is 6.01 Å². The molecule has 0 saturated heterocycles. The van der Waals surface area contributed by atoms with Gasteiger partial charge in [0.15, 0.2) is 17.3 Å². The minimum atomic E-state index is -0.459. The third kappa shape index (κ3) is 4.25. The van der Waals surface area contributed by atoms with Gasteiger partial charge in [0, 0.05) is 5.56 Å². The monoisotopic (exact) mass is 387 g/mol. The number of benzene rings is 1. The highest BCUT2D eigenvalue weighted by Gasteiger charge is 2.20. The number of carbonyl (C=O) groups is 1. The predicted molar refractivity (Wildman–Crippen MR) is 99.9 cm³/mol. The van der Waals surface area contributed by atoms with Crippen molar-refractivity contribution < 1.29 is 27.8 Å². The minimum absolute atomic E-state index is 0.0544. The molecule has 0 aliphatic carbocycles. The van der Waals surface area contributed by atoms with Gasteiger partial charge < -0.3 is 23.0 Å². The molecule has 0 unspecified atom stereocenters. The van der Waals surface area contributed by atoms with Crippen molar-refractivity contribution in [3.05, 3.63) is 36.1 Å². The Kier molecular flexibility index (Phi) is 6.15. The van der Waals surface area contributed by atoms with Crippen LogP contribution in [-0.4, -0.2) is 35.9 Å². The second-order valence-electron chi connectivity index (χ2n) is 5.44. The number of nitrogens with zero attached hydrogens (tertiary/aromatic N) is 2. The molecular formula is C19H21N3O6. The summed E-state index contributed by atoms with van der Waals surface area (Å²) in [7, 11) is 0. The van der Waals surface area contributed by atoms with Crippen LogP contribution >= 0.6 is 0 Å². The fourth-order valence-electron chi connectivity index (χ4n) is 2.46. The highest BCUT2D eigenvalue weighted by atomic mass is 16.5. The fourth-order valence-corrected chi connectivity index (χ4v) is 2.46. The lowest BCUT2D eigenvalue weighted by Gasteiger charge is -2.16. The molecule has 2 heterocycles. The summed E-state index contributed by atoms with van der Waals surface area (Å²) in [6.45, 7) is 6.80. The van der Waals surface area contributed by atoms with Crippen molar-refractivity contribution in [2.45, 2.75) is 20.8 Å². The van der Waals surface area contributed by atoms with E-state index < -0.39 is 5.91 Å². The van der Waals surface area contributed by atoms with Crippen molar-refractivity contribution in [3.63, 3.8) is 0 Å². The summed E-state index contributed by atoms with van der Waals surface area (Å²) in [6, 6.07) is 6.48. The van der Waals surface area contributed by atoms with Crippen molar-refractivity contribution in [3.8, 4) is 28.9 Å². The van der Waals surface area contributed by atoms with Gasteiger partial charge in [-0.1, -0.05) is 5.10 Å². The number of rotatable bonds is 9. The Morgan fingerprint density at radius 2 is 1.71 bits per heavy atom. The van der Waals surface area contributed by atoms with Crippen molar-refractivity contribution in [2.75, 3.05) is 25.1 Å². The molecule has 3 aromatic rings. The summed E-state index contributed by atoms with van der Waals surface area (Å²) in [4.78, 5) is 12.7. The van der Waals surface area contributed by atoms with Gasteiger partial charge in [0.2, 0.25) is 5.75 Å². The van der Waals surface area contributed by atoms with Gasteiger partial charge in [-0.3, -0.25) is 10.1 Å². The lowest BCUT2D eigenvalue weighted by Crippen LogP contribution is -2.13. The molecule has 0 saturated carbocycles. The zero-order valence-electron chi connectivity index (χ0n) is 15.9. The van der Waals surface area contributed by atoms with Crippen LogP contribution in [-0.2, 0) is 0 Å². The van der Waals surface area contributed by atoms with E-state index in [-0.39, 0.29) is 11.9 Å². The standard InChI is InChI=1S/C19H21N3O6/c1-4-24-14-10-12(11-15(25-5-2)16(14)26-6-3)17(23)20-19-22-21-18(28-19)13-8-7-9-27-13/h7-11H,4-6H2,1-3H3,(H,20,22,23). The Hall–Kier alpha value is -3.49. The molecule has 0 aliphatic rings. The Morgan fingerprint density at radius 3 is 2.29 bits per heavy atom. The first kappa shape index (κ1) is 19.3. The van der Waals surface area contributed by atoms with Crippen LogP contribution in [0, 0.1) is 0 Å². The van der Waals surface area contributed by atoms with Crippen molar-refractivity contribution >= 4 is 11.9 Å². The molecule has 28 heavy (non-hydrogen) atoms. The Bertz CT molecular complexity index is 893. The number of anilines is 1. The number of nitrogens with one attached hydrogen (secondary N) is 1. The fraction of sp³-hybridized carbons (Fsp3) is 0.316. The molecule has 1 amide bonds. The maximum Gasteiger partial charge on any atom is 0.322 e. The third-order valence-corrected chi connectivity index (χ3v) is 3.55. The second kappa shape index (κ2) is 8.94. The quantitative estimate of drug-likeness (QED) is 0.591. The van der Waals surface area contributed by atoms with E-state index >= 15 is 0 Å². The molecule has 9 nitrogen and oxygen atoms in total. The zero-order valence-corrected chi connectivity index (χ0v) is 15.9. The largest absolute Gasteiger partial charge is 0.490 e. The van der Waals surface area contributed by atoms with E-state index in [1.807, 2.05) is 20.8 Å². The lowest BCUT2D eigenvalue weighted by molar-refractivity contribution is 0.102. The molecule has 1 aromatic carbocycles. The highest BCUT2D eigenvalue weighted by molar-refractivity contribution is 6.04. The number of furan rings is 1. The molecule has 2 aromatic heterocycles. The highest BCUT2D eigenvalue weighted by Crippen LogP contribution is 2.39. The molecule has 148 valence electrons. The van der Waals surface area contributed by atoms with Crippen molar-refractivity contribution in [2.24, 2.45) is 0 Å². The first-order valence-corrected chi connectivity index (χ1v) is 8.91. The SMILES string of the molecule is CCOc1cc(C(=O)Nc2nnc(-c3ccco3)o2)cc(OCC)c1OCC.